The molecular weight excluding hydrogens is 282 g/mol. The minimum Gasteiger partial charge on any atom is -0.435 e. The molecule has 1 fully saturated rings. The van der Waals surface area contributed by atoms with E-state index in [2.05, 4.69) is 25.9 Å². The van der Waals surface area contributed by atoms with Gasteiger partial charge in [0, 0.05) is 13.0 Å². The molecule has 0 unspecified atom stereocenters. The van der Waals surface area contributed by atoms with Gasteiger partial charge in [-0.3, -0.25) is 4.79 Å². The Labute approximate surface area is 128 Å². The van der Waals surface area contributed by atoms with Gasteiger partial charge in [0.05, 0.1) is 18.1 Å². The molecule has 116 valence electrons. The minimum atomic E-state index is -0.313. The van der Waals surface area contributed by atoms with E-state index in [-0.39, 0.29) is 11.7 Å². The van der Waals surface area contributed by atoms with Gasteiger partial charge in [-0.2, -0.15) is 0 Å². The van der Waals surface area contributed by atoms with Crippen LogP contribution >= 0.6 is 0 Å². The molecule has 2 aromatic rings. The predicted octanol–water partition coefficient (Wildman–Crippen LogP) is 1.83. The lowest BCUT2D eigenvalue weighted by atomic mass is 9.98. The first-order chi connectivity index (χ1) is 10.8. The Morgan fingerprint density at radius 1 is 1.27 bits per heavy atom. The summed E-state index contributed by atoms with van der Waals surface area (Å²) in [4.78, 5) is 20.6. The van der Waals surface area contributed by atoms with Crippen LogP contribution in [0.5, 0.6) is 0 Å². The number of hydrogen-bond acceptors (Lipinski definition) is 6. The second-order valence-electron chi connectivity index (χ2n) is 5.22. The average molecular weight is 301 g/mol. The Morgan fingerprint density at radius 3 is 2.77 bits per heavy atom. The summed E-state index contributed by atoms with van der Waals surface area (Å²) in [7, 11) is 1.79. The molecule has 1 amide bonds. The van der Waals surface area contributed by atoms with Crippen LogP contribution < -0.4 is 16.0 Å². The molecule has 3 N–H and O–H groups in total. The number of carbonyl (C=O) groups excluding carboxylic acids is 1. The summed E-state index contributed by atoms with van der Waals surface area (Å²) in [6.07, 6.45) is 5.05. The molecule has 0 radical (unpaired) electrons. The largest absolute Gasteiger partial charge is 0.435 e. The maximum atomic E-state index is 12.2. The fraction of sp³-hybridized carbons (Fsp3) is 0.400. The number of amides is 1. The van der Waals surface area contributed by atoms with Gasteiger partial charge in [0.2, 0.25) is 5.76 Å². The fourth-order valence-electron chi connectivity index (χ4n) is 2.46. The molecule has 1 aliphatic heterocycles. The quantitative estimate of drug-likeness (QED) is 0.798. The van der Waals surface area contributed by atoms with Crippen LogP contribution in [0.15, 0.2) is 28.9 Å². The van der Waals surface area contributed by atoms with Gasteiger partial charge in [0.25, 0.3) is 5.91 Å². The molecule has 0 bridgehead atoms. The van der Waals surface area contributed by atoms with Crippen LogP contribution in [0.2, 0.25) is 0 Å². The molecule has 3 heterocycles. The molecule has 2 aromatic heterocycles. The van der Waals surface area contributed by atoms with Crippen molar-refractivity contribution in [1.82, 2.24) is 15.3 Å². The Bertz CT molecular complexity index is 632. The molecule has 1 saturated heterocycles. The number of carbonyl (C=O) groups is 1. The van der Waals surface area contributed by atoms with E-state index in [0.29, 0.717) is 17.5 Å². The van der Waals surface area contributed by atoms with Crippen molar-refractivity contribution in [2.75, 3.05) is 30.8 Å². The van der Waals surface area contributed by atoms with Crippen molar-refractivity contribution < 1.29 is 9.21 Å². The zero-order valence-corrected chi connectivity index (χ0v) is 12.4. The van der Waals surface area contributed by atoms with E-state index < -0.39 is 0 Å². The monoisotopic (exact) mass is 301 g/mol. The van der Waals surface area contributed by atoms with E-state index in [1.54, 1.807) is 25.4 Å². The minimum absolute atomic E-state index is 0.228. The van der Waals surface area contributed by atoms with Crippen LogP contribution in [0.25, 0.3) is 0 Å². The fourth-order valence-corrected chi connectivity index (χ4v) is 2.46. The number of nitrogens with zero attached hydrogens (tertiary/aromatic N) is 2. The molecule has 1 aliphatic rings. The number of piperidine rings is 1. The van der Waals surface area contributed by atoms with Gasteiger partial charge in [-0.1, -0.05) is 0 Å². The zero-order chi connectivity index (χ0) is 15.4. The van der Waals surface area contributed by atoms with Crippen molar-refractivity contribution in [3.05, 3.63) is 36.2 Å². The molecule has 7 heteroatoms. The van der Waals surface area contributed by atoms with Crippen molar-refractivity contribution in [2.24, 2.45) is 0 Å². The van der Waals surface area contributed by atoms with Crippen molar-refractivity contribution in [1.29, 1.82) is 0 Å². The molecule has 22 heavy (non-hydrogen) atoms. The van der Waals surface area contributed by atoms with Gasteiger partial charge < -0.3 is 20.4 Å². The van der Waals surface area contributed by atoms with E-state index >= 15 is 0 Å². The summed E-state index contributed by atoms with van der Waals surface area (Å²) < 4.78 is 5.62. The van der Waals surface area contributed by atoms with Crippen molar-refractivity contribution in [2.45, 2.75) is 18.8 Å². The first-order valence-corrected chi connectivity index (χ1v) is 7.38. The lowest BCUT2D eigenvalue weighted by molar-refractivity contribution is 0.0993. The van der Waals surface area contributed by atoms with Crippen LogP contribution in [0.3, 0.4) is 0 Å². The predicted molar refractivity (Wildman–Crippen MR) is 83.1 cm³/mol. The number of anilines is 2. The third-order valence-corrected chi connectivity index (χ3v) is 3.71. The highest BCUT2D eigenvalue weighted by Crippen LogP contribution is 2.24. The number of pyridine rings is 1. The number of oxazole rings is 1. The molecular formula is C15H19N5O2. The summed E-state index contributed by atoms with van der Waals surface area (Å²) in [5.41, 5.74) is 0.615. The average Bonchev–Trinajstić information content (AvgIpc) is 3.06. The first kappa shape index (κ1) is 14.5. The van der Waals surface area contributed by atoms with E-state index in [4.69, 9.17) is 4.42 Å². The summed E-state index contributed by atoms with van der Waals surface area (Å²) in [5.74, 6) is 1.60. The third kappa shape index (κ3) is 3.25. The maximum Gasteiger partial charge on any atom is 0.293 e. The number of nitrogens with one attached hydrogen (secondary N) is 3. The molecule has 0 aliphatic carbocycles. The second kappa shape index (κ2) is 6.57. The highest BCUT2D eigenvalue weighted by atomic mass is 16.4. The first-order valence-electron chi connectivity index (χ1n) is 7.38. The smallest absolute Gasteiger partial charge is 0.293 e. The summed E-state index contributed by atoms with van der Waals surface area (Å²) >= 11 is 0. The zero-order valence-electron chi connectivity index (χ0n) is 12.4. The Kier molecular flexibility index (Phi) is 4.34. The van der Waals surface area contributed by atoms with E-state index in [1.165, 1.54) is 6.20 Å². The number of rotatable bonds is 4. The molecule has 0 atom stereocenters. The lowest BCUT2D eigenvalue weighted by Crippen LogP contribution is -2.26. The highest BCUT2D eigenvalue weighted by Gasteiger charge is 2.22. The van der Waals surface area contributed by atoms with Crippen molar-refractivity contribution in [3.8, 4) is 0 Å². The molecule has 0 saturated carbocycles. The topological polar surface area (TPSA) is 92.1 Å². The van der Waals surface area contributed by atoms with Gasteiger partial charge in [0.1, 0.15) is 5.82 Å². The van der Waals surface area contributed by atoms with E-state index in [0.717, 1.165) is 31.7 Å². The third-order valence-electron chi connectivity index (χ3n) is 3.71. The normalized spacial score (nSPS) is 15.5. The summed E-state index contributed by atoms with van der Waals surface area (Å²) in [5, 5.41) is 8.97. The highest BCUT2D eigenvalue weighted by molar-refractivity contribution is 6.01. The summed E-state index contributed by atoms with van der Waals surface area (Å²) in [6.45, 7) is 1.91. The van der Waals surface area contributed by atoms with Crippen LogP contribution in [-0.4, -0.2) is 36.0 Å². The van der Waals surface area contributed by atoms with Gasteiger partial charge in [0.15, 0.2) is 5.89 Å². The Morgan fingerprint density at radius 2 is 2.09 bits per heavy atom. The molecule has 0 spiro atoms. The maximum absolute atomic E-state index is 12.2. The van der Waals surface area contributed by atoms with Crippen LogP contribution in [0, 0.1) is 0 Å². The standard InChI is InChI=1S/C15H19N5O2/c1-16-13-3-2-11(8-18-13)20-14(21)12-9-19-15(22-12)10-4-6-17-7-5-10/h2-3,8-10,17H,4-7H2,1H3,(H,16,18)(H,20,21). The Hall–Kier alpha value is -2.41. The van der Waals surface area contributed by atoms with Crippen LogP contribution in [-0.2, 0) is 0 Å². The lowest BCUT2D eigenvalue weighted by Gasteiger charge is -2.19. The molecule has 7 nitrogen and oxygen atoms in total. The van der Waals surface area contributed by atoms with Gasteiger partial charge >= 0.3 is 0 Å². The van der Waals surface area contributed by atoms with Gasteiger partial charge in [-0.25, -0.2) is 9.97 Å². The second-order valence-corrected chi connectivity index (χ2v) is 5.22. The Balaban J connectivity index is 1.65. The van der Waals surface area contributed by atoms with E-state index in [1.807, 2.05) is 0 Å². The molecule has 0 aromatic carbocycles. The summed E-state index contributed by atoms with van der Waals surface area (Å²) in [6, 6.07) is 3.57. The van der Waals surface area contributed by atoms with E-state index in [9.17, 15) is 4.79 Å². The van der Waals surface area contributed by atoms with Crippen molar-refractivity contribution >= 4 is 17.4 Å². The van der Waals surface area contributed by atoms with Gasteiger partial charge in [-0.15, -0.1) is 0 Å². The van der Waals surface area contributed by atoms with Gasteiger partial charge in [-0.05, 0) is 38.1 Å². The van der Waals surface area contributed by atoms with Crippen molar-refractivity contribution in [3.63, 3.8) is 0 Å². The number of hydrogen-bond donors (Lipinski definition) is 3. The SMILES string of the molecule is CNc1ccc(NC(=O)c2cnc(C3CCNCC3)o2)cn1. The number of aromatic nitrogens is 2. The van der Waals surface area contributed by atoms with Crippen LogP contribution in [0.1, 0.15) is 35.2 Å². The van der Waals surface area contributed by atoms with Crippen LogP contribution in [0.4, 0.5) is 11.5 Å². The molecule has 3 rings (SSSR count).